The van der Waals surface area contributed by atoms with Gasteiger partial charge in [0.1, 0.15) is 11.6 Å². The van der Waals surface area contributed by atoms with Crippen molar-refractivity contribution in [3.63, 3.8) is 0 Å². The van der Waals surface area contributed by atoms with E-state index >= 15 is 0 Å². The summed E-state index contributed by atoms with van der Waals surface area (Å²) in [6.07, 6.45) is 3.61. The number of amides is 2. The van der Waals surface area contributed by atoms with Crippen LogP contribution in [0, 0.1) is 5.41 Å². The third-order valence-electron chi connectivity index (χ3n) is 4.54. The van der Waals surface area contributed by atoms with E-state index in [1.807, 2.05) is 20.8 Å². The molecule has 4 nitrogen and oxygen atoms in total. The minimum Gasteiger partial charge on any atom is -0.342 e. The van der Waals surface area contributed by atoms with E-state index in [1.54, 1.807) is 4.90 Å². The number of nitrogens with zero attached hydrogens (tertiary/aromatic N) is 1. The zero-order valence-electron chi connectivity index (χ0n) is 12.7. The summed E-state index contributed by atoms with van der Waals surface area (Å²) in [7, 11) is 0. The van der Waals surface area contributed by atoms with Gasteiger partial charge in [-0.15, -0.1) is 0 Å². The molecular weight excluding hydrogens is 259 g/mol. The number of carbonyl (C=O) groups is 2. The van der Waals surface area contributed by atoms with Crippen LogP contribution in [0.25, 0.3) is 0 Å². The third-order valence-corrected chi connectivity index (χ3v) is 4.54. The first-order valence-corrected chi connectivity index (χ1v) is 7.51. The minimum absolute atomic E-state index is 0.0478. The summed E-state index contributed by atoms with van der Waals surface area (Å²) in [5.74, 6) is -0.0965. The summed E-state index contributed by atoms with van der Waals surface area (Å²) in [5, 5.41) is 2.92. The second-order valence-electron chi connectivity index (χ2n) is 7.04. The van der Waals surface area contributed by atoms with E-state index in [0.717, 1.165) is 12.8 Å². The van der Waals surface area contributed by atoms with Crippen molar-refractivity contribution in [3.05, 3.63) is 0 Å². The van der Waals surface area contributed by atoms with Gasteiger partial charge in [-0.1, -0.05) is 33.6 Å². The molecule has 1 saturated heterocycles. The number of alkyl halides is 1. The Hall–Kier alpha value is -1.13. The molecule has 20 heavy (non-hydrogen) atoms. The Bertz CT molecular complexity index is 397. The van der Waals surface area contributed by atoms with E-state index in [4.69, 9.17) is 0 Å². The molecular formula is C15H25FN2O2. The molecule has 2 rings (SSSR count). The lowest BCUT2D eigenvalue weighted by molar-refractivity contribution is -0.160. The molecule has 1 N–H and O–H groups in total. The molecule has 2 amide bonds. The Morgan fingerprint density at radius 1 is 1.30 bits per heavy atom. The third kappa shape index (κ3) is 2.42. The number of hydrogen-bond acceptors (Lipinski definition) is 2. The summed E-state index contributed by atoms with van der Waals surface area (Å²) < 4.78 is 12.5. The number of nitrogens with one attached hydrogen (secondary N) is 1. The molecule has 1 unspecified atom stereocenters. The van der Waals surface area contributed by atoms with Crippen molar-refractivity contribution < 1.29 is 14.0 Å². The van der Waals surface area contributed by atoms with E-state index in [1.165, 1.54) is 0 Å². The van der Waals surface area contributed by atoms with Gasteiger partial charge in [0.05, 0.1) is 6.67 Å². The molecule has 2 fully saturated rings. The van der Waals surface area contributed by atoms with Crippen LogP contribution in [-0.4, -0.2) is 41.5 Å². The number of rotatable bonds is 3. The average molecular weight is 284 g/mol. The maximum atomic E-state index is 12.8. The monoisotopic (exact) mass is 284 g/mol. The van der Waals surface area contributed by atoms with Crippen LogP contribution in [0.2, 0.25) is 0 Å². The maximum Gasteiger partial charge on any atom is 0.246 e. The highest BCUT2D eigenvalue weighted by atomic mass is 19.1. The van der Waals surface area contributed by atoms with Crippen molar-refractivity contribution in [2.45, 2.75) is 64.5 Å². The highest BCUT2D eigenvalue weighted by Gasteiger charge is 2.55. The predicted molar refractivity (Wildman–Crippen MR) is 74.9 cm³/mol. The van der Waals surface area contributed by atoms with Gasteiger partial charge in [-0.2, -0.15) is 0 Å². The van der Waals surface area contributed by atoms with Crippen LogP contribution in [0.4, 0.5) is 4.39 Å². The summed E-state index contributed by atoms with van der Waals surface area (Å²) >= 11 is 0. The maximum absolute atomic E-state index is 12.8. The van der Waals surface area contributed by atoms with Crippen LogP contribution in [0.15, 0.2) is 0 Å². The molecule has 1 aliphatic carbocycles. The first-order chi connectivity index (χ1) is 9.33. The van der Waals surface area contributed by atoms with Gasteiger partial charge < -0.3 is 10.2 Å². The Kier molecular flexibility index (Phi) is 4.07. The van der Waals surface area contributed by atoms with Crippen molar-refractivity contribution in [3.8, 4) is 0 Å². The van der Waals surface area contributed by atoms with Crippen LogP contribution in [0.1, 0.15) is 52.9 Å². The fourth-order valence-electron chi connectivity index (χ4n) is 3.40. The molecule has 2 aliphatic rings. The highest BCUT2D eigenvalue weighted by Crippen LogP contribution is 2.40. The highest BCUT2D eigenvalue weighted by molar-refractivity contribution is 6.00. The van der Waals surface area contributed by atoms with Crippen LogP contribution >= 0.6 is 0 Å². The summed E-state index contributed by atoms with van der Waals surface area (Å²) in [4.78, 5) is 27.0. The molecule has 0 bridgehead atoms. The SMILES string of the molecule is CC(C)(C)C1NC(=O)C2(CCCC2)N(CCCF)C1=O. The lowest BCUT2D eigenvalue weighted by Crippen LogP contribution is -2.72. The van der Waals surface area contributed by atoms with Gasteiger partial charge in [-0.3, -0.25) is 14.0 Å². The molecule has 114 valence electrons. The Morgan fingerprint density at radius 2 is 1.90 bits per heavy atom. The fourth-order valence-corrected chi connectivity index (χ4v) is 3.40. The zero-order chi connectivity index (χ0) is 15.0. The van der Waals surface area contributed by atoms with Crippen molar-refractivity contribution >= 4 is 11.8 Å². The topological polar surface area (TPSA) is 49.4 Å². The standard InChI is InChI=1S/C15H25FN2O2/c1-14(2,3)11-12(19)18(10-6-9-16)15(13(20)17-11)7-4-5-8-15/h11H,4-10H2,1-3H3,(H,17,20). The number of carbonyl (C=O) groups excluding carboxylic acids is 2. The van der Waals surface area contributed by atoms with Crippen LogP contribution in [0.3, 0.4) is 0 Å². The number of halogens is 1. The second kappa shape index (κ2) is 5.34. The van der Waals surface area contributed by atoms with Crippen LogP contribution in [-0.2, 0) is 9.59 Å². The van der Waals surface area contributed by atoms with Crippen molar-refractivity contribution in [2.75, 3.05) is 13.2 Å². The second-order valence-corrected chi connectivity index (χ2v) is 7.04. The number of piperazine rings is 1. The quantitative estimate of drug-likeness (QED) is 0.862. The van der Waals surface area contributed by atoms with E-state index in [2.05, 4.69) is 5.32 Å². The molecule has 1 spiro atoms. The summed E-state index contributed by atoms with van der Waals surface area (Å²) in [5.41, 5.74) is -1.05. The van der Waals surface area contributed by atoms with Crippen molar-refractivity contribution in [1.29, 1.82) is 0 Å². The molecule has 5 heteroatoms. The van der Waals surface area contributed by atoms with E-state index in [9.17, 15) is 14.0 Å². The number of hydrogen-bond donors (Lipinski definition) is 1. The molecule has 0 aromatic heterocycles. The van der Waals surface area contributed by atoms with Gasteiger partial charge in [0, 0.05) is 6.54 Å². The molecule has 1 aliphatic heterocycles. The van der Waals surface area contributed by atoms with Gasteiger partial charge in [0.15, 0.2) is 0 Å². The minimum atomic E-state index is -0.714. The lowest BCUT2D eigenvalue weighted by atomic mass is 9.80. The lowest BCUT2D eigenvalue weighted by Gasteiger charge is -2.49. The van der Waals surface area contributed by atoms with E-state index in [0.29, 0.717) is 25.8 Å². The van der Waals surface area contributed by atoms with Gasteiger partial charge in [0.2, 0.25) is 11.8 Å². The van der Waals surface area contributed by atoms with Crippen LogP contribution < -0.4 is 5.32 Å². The van der Waals surface area contributed by atoms with E-state index < -0.39 is 18.3 Å². The molecule has 1 saturated carbocycles. The van der Waals surface area contributed by atoms with Crippen molar-refractivity contribution in [2.24, 2.45) is 5.41 Å². The predicted octanol–water partition coefficient (Wildman–Crippen LogP) is 2.03. The summed E-state index contributed by atoms with van der Waals surface area (Å²) in [6.45, 7) is 5.71. The van der Waals surface area contributed by atoms with Crippen molar-refractivity contribution in [1.82, 2.24) is 10.2 Å². The molecule has 1 atom stereocenters. The van der Waals surface area contributed by atoms with Gasteiger partial charge in [-0.05, 0) is 24.7 Å². The Balaban J connectivity index is 2.31. The molecule has 0 aromatic carbocycles. The van der Waals surface area contributed by atoms with Crippen LogP contribution in [0.5, 0.6) is 0 Å². The first kappa shape index (κ1) is 15.3. The molecule has 0 aromatic rings. The molecule has 1 heterocycles. The van der Waals surface area contributed by atoms with Gasteiger partial charge >= 0.3 is 0 Å². The van der Waals surface area contributed by atoms with Gasteiger partial charge in [-0.25, -0.2) is 0 Å². The molecule has 0 radical (unpaired) electrons. The van der Waals surface area contributed by atoms with Gasteiger partial charge in [0.25, 0.3) is 0 Å². The average Bonchev–Trinajstić information content (AvgIpc) is 2.83. The Labute approximate surface area is 120 Å². The Morgan fingerprint density at radius 3 is 2.40 bits per heavy atom. The van der Waals surface area contributed by atoms with E-state index in [-0.39, 0.29) is 17.2 Å². The summed E-state index contributed by atoms with van der Waals surface area (Å²) in [6, 6.07) is -0.513. The largest absolute Gasteiger partial charge is 0.342 e. The first-order valence-electron chi connectivity index (χ1n) is 7.51. The smallest absolute Gasteiger partial charge is 0.246 e. The fraction of sp³-hybridized carbons (Fsp3) is 0.867. The zero-order valence-corrected chi connectivity index (χ0v) is 12.7. The normalized spacial score (nSPS) is 26.2.